The molecule has 31 heavy (non-hydrogen) atoms. The number of carbonyl (C=O) groups is 2. The average Bonchev–Trinajstić information content (AvgIpc) is 3.31. The molecule has 1 aromatic carbocycles. The molecular formula is C24H29N3O3S. The van der Waals surface area contributed by atoms with Crippen molar-refractivity contribution in [2.45, 2.75) is 49.7 Å². The molecule has 2 saturated heterocycles. The number of likely N-dealkylation sites (tertiary alicyclic amines) is 1. The number of amides is 2. The van der Waals surface area contributed by atoms with Crippen molar-refractivity contribution in [2.24, 2.45) is 5.92 Å². The second-order valence-electron chi connectivity index (χ2n) is 8.82. The third-order valence-electron chi connectivity index (χ3n) is 6.50. The first-order valence-electron chi connectivity index (χ1n) is 11.2. The number of hydrogen-bond donors (Lipinski definition) is 1. The van der Waals surface area contributed by atoms with Gasteiger partial charge in [-0.3, -0.25) is 14.5 Å². The number of hydrogen-bond acceptors (Lipinski definition) is 5. The van der Waals surface area contributed by atoms with Gasteiger partial charge in [-0.15, -0.1) is 11.8 Å². The Labute approximate surface area is 187 Å². The summed E-state index contributed by atoms with van der Waals surface area (Å²) < 4.78 is 5.24. The number of nitrogens with zero attached hydrogens (tertiary/aromatic N) is 2. The minimum absolute atomic E-state index is 0.00555. The number of piperidine rings is 1. The summed E-state index contributed by atoms with van der Waals surface area (Å²) in [4.78, 5) is 30.5. The third-order valence-corrected chi connectivity index (χ3v) is 7.82. The van der Waals surface area contributed by atoms with Gasteiger partial charge in [0.25, 0.3) is 0 Å². The van der Waals surface area contributed by atoms with Gasteiger partial charge in [0.1, 0.15) is 11.4 Å². The molecule has 1 saturated carbocycles. The van der Waals surface area contributed by atoms with Gasteiger partial charge in [0.05, 0.1) is 12.5 Å². The zero-order valence-corrected chi connectivity index (χ0v) is 18.4. The van der Waals surface area contributed by atoms with Crippen LogP contribution in [0.25, 0.3) is 0 Å². The molecule has 2 unspecified atom stereocenters. The number of furan rings is 1. The van der Waals surface area contributed by atoms with Gasteiger partial charge in [-0.05, 0) is 37.3 Å². The van der Waals surface area contributed by atoms with E-state index in [9.17, 15) is 9.59 Å². The second-order valence-corrected chi connectivity index (χ2v) is 9.94. The number of nitrogens with one attached hydrogen (secondary N) is 1. The van der Waals surface area contributed by atoms with E-state index in [1.807, 2.05) is 17.0 Å². The zero-order chi connectivity index (χ0) is 21.2. The summed E-state index contributed by atoms with van der Waals surface area (Å²) in [5, 5.41) is 3.13. The summed E-state index contributed by atoms with van der Waals surface area (Å²) in [6.45, 7) is 2.90. The van der Waals surface area contributed by atoms with Crippen LogP contribution in [0.1, 0.15) is 42.2 Å². The van der Waals surface area contributed by atoms with E-state index in [2.05, 4.69) is 34.5 Å². The Morgan fingerprint density at radius 2 is 1.84 bits per heavy atom. The summed E-state index contributed by atoms with van der Waals surface area (Å²) in [6, 6.07) is 12.2. The molecule has 3 aliphatic rings. The van der Waals surface area contributed by atoms with E-state index in [1.54, 1.807) is 24.3 Å². The van der Waals surface area contributed by atoms with Crippen molar-refractivity contribution in [2.75, 3.05) is 18.8 Å². The normalized spacial score (nSPS) is 25.0. The Balaban J connectivity index is 1.18. The minimum Gasteiger partial charge on any atom is -0.472 e. The molecule has 2 amide bonds. The van der Waals surface area contributed by atoms with Crippen molar-refractivity contribution in [3.63, 3.8) is 0 Å². The highest BCUT2D eigenvalue weighted by Gasteiger charge is 2.47. The summed E-state index contributed by atoms with van der Waals surface area (Å²) in [7, 11) is 0. The SMILES string of the molecule is O=C(NC1CCN(Cc2ccccc2)CC1)C1CSC(c2ccoc2)N1C(=O)C1CC1. The van der Waals surface area contributed by atoms with Crippen LogP contribution in [0.15, 0.2) is 53.3 Å². The van der Waals surface area contributed by atoms with Gasteiger partial charge in [0, 0.05) is 42.9 Å². The highest BCUT2D eigenvalue weighted by molar-refractivity contribution is 7.99. The van der Waals surface area contributed by atoms with E-state index in [4.69, 9.17) is 4.42 Å². The van der Waals surface area contributed by atoms with Crippen molar-refractivity contribution in [1.82, 2.24) is 15.1 Å². The lowest BCUT2D eigenvalue weighted by Gasteiger charge is -2.34. The van der Waals surface area contributed by atoms with Crippen LogP contribution < -0.4 is 5.32 Å². The Bertz CT molecular complexity index is 892. The lowest BCUT2D eigenvalue weighted by atomic mass is 10.0. The van der Waals surface area contributed by atoms with Gasteiger partial charge < -0.3 is 14.6 Å². The predicted molar refractivity (Wildman–Crippen MR) is 120 cm³/mol. The minimum atomic E-state index is -0.402. The summed E-state index contributed by atoms with van der Waals surface area (Å²) in [5.74, 6) is 0.833. The molecule has 1 N–H and O–H groups in total. The van der Waals surface area contributed by atoms with E-state index in [0.717, 1.165) is 50.9 Å². The number of carbonyl (C=O) groups excluding carboxylic acids is 2. The van der Waals surface area contributed by atoms with Crippen LogP contribution in [0.3, 0.4) is 0 Å². The van der Waals surface area contributed by atoms with E-state index >= 15 is 0 Å². The Hall–Kier alpha value is -2.25. The first kappa shape index (κ1) is 20.6. The quantitative estimate of drug-likeness (QED) is 0.747. The fourth-order valence-corrected chi connectivity index (χ4v) is 5.98. The van der Waals surface area contributed by atoms with Crippen LogP contribution in [0.4, 0.5) is 0 Å². The maximum atomic E-state index is 13.2. The van der Waals surface area contributed by atoms with Crippen molar-refractivity contribution < 1.29 is 14.0 Å². The maximum absolute atomic E-state index is 13.2. The molecule has 0 bridgehead atoms. The molecule has 0 spiro atoms. The molecule has 2 atom stereocenters. The van der Waals surface area contributed by atoms with Crippen molar-refractivity contribution in [3.8, 4) is 0 Å². The van der Waals surface area contributed by atoms with E-state index in [0.29, 0.717) is 5.75 Å². The van der Waals surface area contributed by atoms with Gasteiger partial charge in [-0.1, -0.05) is 30.3 Å². The monoisotopic (exact) mass is 439 g/mol. The molecule has 5 rings (SSSR count). The van der Waals surface area contributed by atoms with Gasteiger partial charge in [-0.2, -0.15) is 0 Å². The molecule has 1 aromatic heterocycles. The number of thioether (sulfide) groups is 1. The largest absolute Gasteiger partial charge is 0.472 e. The molecule has 3 heterocycles. The van der Waals surface area contributed by atoms with Crippen LogP contribution in [-0.4, -0.2) is 52.5 Å². The molecule has 3 fully saturated rings. The Morgan fingerprint density at radius 1 is 1.06 bits per heavy atom. The van der Waals surface area contributed by atoms with E-state index in [-0.39, 0.29) is 29.1 Å². The second kappa shape index (κ2) is 9.09. The topological polar surface area (TPSA) is 65.8 Å². The average molecular weight is 440 g/mol. The third kappa shape index (κ3) is 4.67. The standard InChI is InChI=1S/C24H29N3O3S/c28-22(25-20-8-11-26(12-9-20)14-17-4-2-1-3-5-17)21-16-31-24(19-10-13-30-15-19)27(21)23(29)18-6-7-18/h1-5,10,13,15,18,20-21,24H,6-9,11-12,14,16H2,(H,25,28). The molecule has 7 heteroatoms. The summed E-state index contributed by atoms with van der Waals surface area (Å²) >= 11 is 1.66. The molecule has 1 aliphatic carbocycles. The van der Waals surface area contributed by atoms with Crippen LogP contribution in [0, 0.1) is 5.92 Å². The predicted octanol–water partition coefficient (Wildman–Crippen LogP) is 3.41. The molecule has 2 aliphatic heterocycles. The van der Waals surface area contributed by atoms with E-state index < -0.39 is 6.04 Å². The lowest BCUT2D eigenvalue weighted by molar-refractivity contribution is -0.141. The number of rotatable bonds is 6. The molecular weight excluding hydrogens is 410 g/mol. The van der Waals surface area contributed by atoms with Crippen LogP contribution in [0.5, 0.6) is 0 Å². The summed E-state index contributed by atoms with van der Waals surface area (Å²) in [5.41, 5.74) is 2.29. The summed E-state index contributed by atoms with van der Waals surface area (Å²) in [6.07, 6.45) is 7.08. The molecule has 0 radical (unpaired) electrons. The van der Waals surface area contributed by atoms with Gasteiger partial charge in [0.2, 0.25) is 11.8 Å². The number of benzene rings is 1. The van der Waals surface area contributed by atoms with Crippen LogP contribution in [-0.2, 0) is 16.1 Å². The fraction of sp³-hybridized carbons (Fsp3) is 0.500. The van der Waals surface area contributed by atoms with Gasteiger partial charge in [0.15, 0.2) is 0 Å². The van der Waals surface area contributed by atoms with Crippen LogP contribution in [0.2, 0.25) is 0 Å². The van der Waals surface area contributed by atoms with E-state index in [1.165, 1.54) is 5.56 Å². The van der Waals surface area contributed by atoms with Crippen molar-refractivity contribution in [3.05, 3.63) is 60.1 Å². The molecule has 164 valence electrons. The zero-order valence-electron chi connectivity index (χ0n) is 17.6. The first-order valence-corrected chi connectivity index (χ1v) is 12.3. The van der Waals surface area contributed by atoms with Crippen molar-refractivity contribution >= 4 is 23.6 Å². The highest BCUT2D eigenvalue weighted by Crippen LogP contribution is 2.45. The van der Waals surface area contributed by atoms with Gasteiger partial charge >= 0.3 is 0 Å². The Kier molecular flexibility index (Phi) is 6.05. The van der Waals surface area contributed by atoms with Gasteiger partial charge in [-0.25, -0.2) is 0 Å². The Morgan fingerprint density at radius 3 is 2.52 bits per heavy atom. The first-order chi connectivity index (χ1) is 15.2. The van der Waals surface area contributed by atoms with Crippen molar-refractivity contribution in [1.29, 1.82) is 0 Å². The lowest BCUT2D eigenvalue weighted by Crippen LogP contribution is -2.52. The fourth-order valence-electron chi connectivity index (χ4n) is 4.57. The smallest absolute Gasteiger partial charge is 0.243 e. The molecule has 6 nitrogen and oxygen atoms in total. The molecule has 2 aromatic rings. The highest BCUT2D eigenvalue weighted by atomic mass is 32.2. The maximum Gasteiger partial charge on any atom is 0.243 e. The van der Waals surface area contributed by atoms with Crippen LogP contribution >= 0.6 is 11.8 Å².